The standard InChI is InChI=1S/C16H26N2O2/c1-12-9-18(10-13(2)20-12)11-16(17-3)14-5-7-15(19-4)8-6-14/h5-8,12-13,16-17H,9-11H2,1-4H3/t12-,13+,16?. The third-order valence-electron chi connectivity index (χ3n) is 3.80. The summed E-state index contributed by atoms with van der Waals surface area (Å²) in [6.07, 6.45) is 0.624. The van der Waals surface area contributed by atoms with Gasteiger partial charge in [-0.05, 0) is 38.6 Å². The van der Waals surface area contributed by atoms with Crippen LogP contribution in [0.2, 0.25) is 0 Å². The number of rotatable bonds is 5. The Labute approximate surface area is 122 Å². The molecule has 0 amide bonds. The molecule has 0 radical (unpaired) electrons. The van der Waals surface area contributed by atoms with Gasteiger partial charge in [0.15, 0.2) is 0 Å². The number of benzene rings is 1. The summed E-state index contributed by atoms with van der Waals surface area (Å²) in [6.45, 7) is 7.28. The van der Waals surface area contributed by atoms with Gasteiger partial charge in [-0.1, -0.05) is 12.1 Å². The Kier molecular flexibility index (Phi) is 5.40. The highest BCUT2D eigenvalue weighted by atomic mass is 16.5. The maximum atomic E-state index is 5.79. The van der Waals surface area contributed by atoms with Crippen molar-refractivity contribution in [3.05, 3.63) is 29.8 Å². The number of nitrogens with zero attached hydrogens (tertiary/aromatic N) is 1. The first-order valence-electron chi connectivity index (χ1n) is 7.31. The molecule has 0 aromatic heterocycles. The number of likely N-dealkylation sites (N-methyl/N-ethyl adjacent to an activating group) is 1. The summed E-state index contributed by atoms with van der Waals surface area (Å²) >= 11 is 0. The molecule has 1 aliphatic rings. The monoisotopic (exact) mass is 278 g/mol. The van der Waals surface area contributed by atoms with Crippen molar-refractivity contribution in [3.8, 4) is 5.75 Å². The van der Waals surface area contributed by atoms with Crippen LogP contribution >= 0.6 is 0 Å². The summed E-state index contributed by atoms with van der Waals surface area (Å²) in [7, 11) is 3.71. The predicted molar refractivity (Wildman–Crippen MR) is 81.2 cm³/mol. The molecule has 1 heterocycles. The molecule has 1 aromatic rings. The van der Waals surface area contributed by atoms with Crippen LogP contribution in [-0.4, -0.2) is 50.9 Å². The fraction of sp³-hybridized carbons (Fsp3) is 0.625. The lowest BCUT2D eigenvalue weighted by Crippen LogP contribution is -2.48. The van der Waals surface area contributed by atoms with Crippen molar-refractivity contribution in [2.24, 2.45) is 0 Å². The molecular weight excluding hydrogens is 252 g/mol. The van der Waals surface area contributed by atoms with Crippen molar-refractivity contribution in [1.82, 2.24) is 10.2 Å². The fourth-order valence-electron chi connectivity index (χ4n) is 2.89. The number of morpholine rings is 1. The van der Waals surface area contributed by atoms with Crippen LogP contribution in [0.25, 0.3) is 0 Å². The van der Waals surface area contributed by atoms with E-state index in [1.807, 2.05) is 19.2 Å². The van der Waals surface area contributed by atoms with Gasteiger partial charge >= 0.3 is 0 Å². The molecule has 112 valence electrons. The van der Waals surface area contributed by atoms with E-state index in [9.17, 15) is 0 Å². The third-order valence-corrected chi connectivity index (χ3v) is 3.80. The number of hydrogen-bond acceptors (Lipinski definition) is 4. The summed E-state index contributed by atoms with van der Waals surface area (Å²) in [4.78, 5) is 2.48. The maximum Gasteiger partial charge on any atom is 0.118 e. The minimum absolute atomic E-state index is 0.312. The summed E-state index contributed by atoms with van der Waals surface area (Å²) < 4.78 is 11.0. The second kappa shape index (κ2) is 7.07. The number of nitrogens with one attached hydrogen (secondary N) is 1. The van der Waals surface area contributed by atoms with Crippen molar-refractivity contribution in [2.75, 3.05) is 33.8 Å². The molecule has 3 atom stereocenters. The molecule has 0 spiro atoms. The summed E-state index contributed by atoms with van der Waals surface area (Å²) in [6, 6.07) is 8.63. The number of methoxy groups -OCH3 is 1. The zero-order valence-corrected chi connectivity index (χ0v) is 12.9. The molecule has 1 unspecified atom stereocenters. The topological polar surface area (TPSA) is 33.7 Å². The van der Waals surface area contributed by atoms with Gasteiger partial charge in [0.05, 0.1) is 19.3 Å². The lowest BCUT2D eigenvalue weighted by Gasteiger charge is -2.37. The molecule has 2 rings (SSSR count). The van der Waals surface area contributed by atoms with Crippen LogP contribution in [0.3, 0.4) is 0 Å². The quantitative estimate of drug-likeness (QED) is 0.894. The third kappa shape index (κ3) is 3.95. The second-order valence-corrected chi connectivity index (χ2v) is 5.59. The predicted octanol–water partition coefficient (Wildman–Crippen LogP) is 2.06. The Morgan fingerprint density at radius 3 is 2.35 bits per heavy atom. The van der Waals surface area contributed by atoms with E-state index in [1.165, 1.54) is 5.56 Å². The van der Waals surface area contributed by atoms with Crippen LogP contribution in [0.1, 0.15) is 25.5 Å². The zero-order chi connectivity index (χ0) is 14.5. The summed E-state index contributed by atoms with van der Waals surface area (Å²) in [5.74, 6) is 0.900. The van der Waals surface area contributed by atoms with Crippen LogP contribution in [0.4, 0.5) is 0 Å². The molecule has 1 N–H and O–H groups in total. The molecule has 1 saturated heterocycles. The molecule has 0 bridgehead atoms. The molecule has 4 heteroatoms. The van der Waals surface area contributed by atoms with Crippen LogP contribution in [0.5, 0.6) is 5.75 Å². The van der Waals surface area contributed by atoms with Gasteiger partial charge in [0.2, 0.25) is 0 Å². The lowest BCUT2D eigenvalue weighted by atomic mass is 10.1. The molecular formula is C16H26N2O2. The minimum Gasteiger partial charge on any atom is -0.497 e. The highest BCUT2D eigenvalue weighted by molar-refractivity contribution is 5.29. The molecule has 1 aliphatic heterocycles. The molecule has 1 fully saturated rings. The first kappa shape index (κ1) is 15.3. The minimum atomic E-state index is 0.312. The highest BCUT2D eigenvalue weighted by Crippen LogP contribution is 2.20. The number of hydrogen-bond donors (Lipinski definition) is 1. The van der Waals surface area contributed by atoms with E-state index < -0.39 is 0 Å². The van der Waals surface area contributed by atoms with E-state index in [0.29, 0.717) is 18.2 Å². The van der Waals surface area contributed by atoms with Crippen LogP contribution < -0.4 is 10.1 Å². The average molecular weight is 278 g/mol. The van der Waals surface area contributed by atoms with Gasteiger partial charge in [-0.25, -0.2) is 0 Å². The van der Waals surface area contributed by atoms with E-state index in [0.717, 1.165) is 25.4 Å². The van der Waals surface area contributed by atoms with Crippen molar-refractivity contribution in [2.45, 2.75) is 32.1 Å². The number of ether oxygens (including phenoxy) is 2. The first-order valence-corrected chi connectivity index (χ1v) is 7.31. The van der Waals surface area contributed by atoms with Crippen LogP contribution in [0, 0.1) is 0 Å². The van der Waals surface area contributed by atoms with E-state index in [1.54, 1.807) is 7.11 Å². The van der Waals surface area contributed by atoms with Crippen molar-refractivity contribution < 1.29 is 9.47 Å². The van der Waals surface area contributed by atoms with E-state index >= 15 is 0 Å². The molecule has 20 heavy (non-hydrogen) atoms. The van der Waals surface area contributed by atoms with Crippen LogP contribution in [-0.2, 0) is 4.74 Å². The van der Waals surface area contributed by atoms with Crippen molar-refractivity contribution in [3.63, 3.8) is 0 Å². The van der Waals surface area contributed by atoms with Crippen molar-refractivity contribution >= 4 is 0 Å². The van der Waals surface area contributed by atoms with Gasteiger partial charge in [-0.3, -0.25) is 4.90 Å². The van der Waals surface area contributed by atoms with Gasteiger partial charge < -0.3 is 14.8 Å². The van der Waals surface area contributed by atoms with Gasteiger partial charge in [0.25, 0.3) is 0 Å². The first-order chi connectivity index (χ1) is 9.62. The van der Waals surface area contributed by atoms with E-state index in [4.69, 9.17) is 9.47 Å². The Morgan fingerprint density at radius 2 is 1.85 bits per heavy atom. The molecule has 4 nitrogen and oxygen atoms in total. The Bertz CT molecular complexity index is 397. The van der Waals surface area contributed by atoms with Crippen molar-refractivity contribution in [1.29, 1.82) is 0 Å². The van der Waals surface area contributed by atoms with E-state index in [2.05, 4.69) is 36.2 Å². The summed E-state index contributed by atoms with van der Waals surface area (Å²) in [5.41, 5.74) is 1.29. The lowest BCUT2D eigenvalue weighted by molar-refractivity contribution is -0.0698. The highest BCUT2D eigenvalue weighted by Gasteiger charge is 2.24. The van der Waals surface area contributed by atoms with E-state index in [-0.39, 0.29) is 0 Å². The Hall–Kier alpha value is -1.10. The molecule has 1 aromatic carbocycles. The average Bonchev–Trinajstić information content (AvgIpc) is 2.44. The zero-order valence-electron chi connectivity index (χ0n) is 12.9. The van der Waals surface area contributed by atoms with Crippen LogP contribution in [0.15, 0.2) is 24.3 Å². The van der Waals surface area contributed by atoms with Gasteiger partial charge in [-0.15, -0.1) is 0 Å². The SMILES string of the molecule is CNC(CN1C[C@@H](C)O[C@@H](C)C1)c1ccc(OC)cc1. The maximum absolute atomic E-state index is 5.79. The normalized spacial score (nSPS) is 25.4. The second-order valence-electron chi connectivity index (χ2n) is 5.59. The smallest absolute Gasteiger partial charge is 0.118 e. The van der Waals surface area contributed by atoms with Gasteiger partial charge in [0.1, 0.15) is 5.75 Å². The Morgan fingerprint density at radius 1 is 1.25 bits per heavy atom. The Balaban J connectivity index is 2.00. The largest absolute Gasteiger partial charge is 0.497 e. The molecule has 0 aliphatic carbocycles. The fourth-order valence-corrected chi connectivity index (χ4v) is 2.89. The summed E-state index contributed by atoms with van der Waals surface area (Å²) in [5, 5.41) is 3.41. The van der Waals surface area contributed by atoms with Gasteiger partial charge in [-0.2, -0.15) is 0 Å². The molecule has 0 saturated carbocycles. The van der Waals surface area contributed by atoms with Gasteiger partial charge in [0, 0.05) is 25.7 Å².